The van der Waals surface area contributed by atoms with E-state index in [0.29, 0.717) is 13.0 Å². The van der Waals surface area contributed by atoms with Gasteiger partial charge < -0.3 is 10.0 Å². The van der Waals surface area contributed by atoms with Gasteiger partial charge in [-0.1, -0.05) is 0 Å². The second-order valence-corrected chi connectivity index (χ2v) is 7.35. The van der Waals surface area contributed by atoms with Gasteiger partial charge in [-0.15, -0.1) is 0 Å². The summed E-state index contributed by atoms with van der Waals surface area (Å²) in [6.07, 6.45) is 1.86. The van der Waals surface area contributed by atoms with Gasteiger partial charge >= 0.3 is 5.97 Å². The minimum Gasteiger partial charge on any atom is -0.480 e. The zero-order valence-electron chi connectivity index (χ0n) is 10.6. The molecule has 1 amide bonds. The average molecular weight is 277 g/mol. The van der Waals surface area contributed by atoms with Gasteiger partial charge in [0.15, 0.2) is 9.84 Å². The average Bonchev–Trinajstić information content (AvgIpc) is 2.28. The van der Waals surface area contributed by atoms with Crippen molar-refractivity contribution in [3.8, 4) is 0 Å². The van der Waals surface area contributed by atoms with Crippen LogP contribution < -0.4 is 0 Å². The Morgan fingerprint density at radius 2 is 1.94 bits per heavy atom. The molecule has 0 aromatic carbocycles. The molecule has 1 rings (SSSR count). The van der Waals surface area contributed by atoms with E-state index in [1.807, 2.05) is 0 Å². The van der Waals surface area contributed by atoms with E-state index in [4.69, 9.17) is 5.11 Å². The van der Waals surface area contributed by atoms with Crippen LogP contribution in [-0.4, -0.2) is 53.9 Å². The number of carbonyl (C=O) groups excluding carboxylic acids is 1. The van der Waals surface area contributed by atoms with Crippen LogP contribution in [0.3, 0.4) is 0 Å². The van der Waals surface area contributed by atoms with Crippen LogP contribution >= 0.6 is 0 Å². The topological polar surface area (TPSA) is 91.8 Å². The first-order valence-electron chi connectivity index (χ1n) is 5.99. The fourth-order valence-electron chi connectivity index (χ4n) is 1.91. The number of likely N-dealkylation sites (tertiary alicyclic amines) is 1. The number of hydrogen-bond acceptors (Lipinski definition) is 4. The van der Waals surface area contributed by atoms with Gasteiger partial charge in [0, 0.05) is 6.54 Å². The Kier molecular flexibility index (Phi) is 4.72. The lowest BCUT2D eigenvalue weighted by Gasteiger charge is -2.33. The molecule has 1 N–H and O–H groups in total. The van der Waals surface area contributed by atoms with Crippen LogP contribution in [0, 0.1) is 0 Å². The third-order valence-corrected chi connectivity index (χ3v) is 5.24. The van der Waals surface area contributed by atoms with E-state index in [0.717, 1.165) is 12.8 Å². The van der Waals surface area contributed by atoms with Crippen LogP contribution in [-0.2, 0) is 19.4 Å². The number of piperidine rings is 1. The Labute approximate surface area is 107 Å². The van der Waals surface area contributed by atoms with Crippen LogP contribution in [0.15, 0.2) is 0 Å². The summed E-state index contributed by atoms with van der Waals surface area (Å²) in [6, 6.07) is -0.881. The number of nitrogens with zero attached hydrogens (tertiary/aromatic N) is 1. The van der Waals surface area contributed by atoms with E-state index in [9.17, 15) is 18.0 Å². The van der Waals surface area contributed by atoms with E-state index in [-0.39, 0.29) is 0 Å². The highest BCUT2D eigenvalue weighted by Gasteiger charge is 2.34. The highest BCUT2D eigenvalue weighted by atomic mass is 32.2. The fourth-order valence-corrected chi connectivity index (χ4v) is 2.75. The van der Waals surface area contributed by atoms with Crippen molar-refractivity contribution >= 4 is 21.7 Å². The Balaban J connectivity index is 2.79. The predicted octanol–water partition coefficient (Wildman–Crippen LogP) is 0.275. The van der Waals surface area contributed by atoms with Crippen LogP contribution in [0.2, 0.25) is 0 Å². The maximum atomic E-state index is 11.9. The van der Waals surface area contributed by atoms with E-state index in [1.54, 1.807) is 0 Å². The molecule has 1 atom stereocenters. The van der Waals surface area contributed by atoms with Gasteiger partial charge in [-0.05, 0) is 33.1 Å². The van der Waals surface area contributed by atoms with Crippen molar-refractivity contribution in [2.75, 3.05) is 12.3 Å². The molecule has 0 bridgehead atoms. The third-order valence-electron chi connectivity index (χ3n) is 3.15. The molecule has 18 heavy (non-hydrogen) atoms. The lowest BCUT2D eigenvalue weighted by Crippen LogP contribution is -2.50. The Morgan fingerprint density at radius 1 is 1.33 bits per heavy atom. The van der Waals surface area contributed by atoms with Crippen LogP contribution in [0.25, 0.3) is 0 Å². The summed E-state index contributed by atoms with van der Waals surface area (Å²) in [5.74, 6) is -2.27. The number of amides is 1. The van der Waals surface area contributed by atoms with Crippen molar-refractivity contribution < 1.29 is 23.1 Å². The van der Waals surface area contributed by atoms with E-state index < -0.39 is 38.8 Å². The summed E-state index contributed by atoms with van der Waals surface area (Å²) in [4.78, 5) is 24.1. The monoisotopic (exact) mass is 277 g/mol. The molecule has 1 aliphatic heterocycles. The molecule has 6 nitrogen and oxygen atoms in total. The summed E-state index contributed by atoms with van der Waals surface area (Å²) in [6.45, 7) is 3.34. The van der Waals surface area contributed by atoms with Gasteiger partial charge in [-0.3, -0.25) is 4.79 Å². The van der Waals surface area contributed by atoms with Gasteiger partial charge in [0.05, 0.1) is 5.25 Å². The summed E-state index contributed by atoms with van der Waals surface area (Å²) in [7, 11) is -3.48. The van der Waals surface area contributed by atoms with Crippen molar-refractivity contribution in [1.29, 1.82) is 0 Å². The maximum Gasteiger partial charge on any atom is 0.326 e. The smallest absolute Gasteiger partial charge is 0.326 e. The number of sulfone groups is 1. The zero-order chi connectivity index (χ0) is 13.9. The van der Waals surface area contributed by atoms with Crippen molar-refractivity contribution in [3.05, 3.63) is 0 Å². The molecule has 1 saturated heterocycles. The minimum absolute atomic E-state index is 0.323. The molecule has 0 saturated carbocycles. The SMILES string of the molecule is CC(C)S(=O)(=O)CC(=O)N1CCCC[C@@H]1C(=O)O. The van der Waals surface area contributed by atoms with Crippen LogP contribution in [0.4, 0.5) is 0 Å². The number of rotatable bonds is 4. The Hall–Kier alpha value is -1.11. The van der Waals surface area contributed by atoms with E-state index >= 15 is 0 Å². The summed E-state index contributed by atoms with van der Waals surface area (Å²) in [5.41, 5.74) is 0. The van der Waals surface area contributed by atoms with Gasteiger partial charge in [-0.25, -0.2) is 13.2 Å². The molecule has 0 radical (unpaired) electrons. The quantitative estimate of drug-likeness (QED) is 0.796. The number of aliphatic carboxylic acids is 1. The molecular weight excluding hydrogens is 258 g/mol. The molecule has 0 aromatic rings. The first kappa shape index (κ1) is 14.9. The van der Waals surface area contributed by atoms with Crippen molar-refractivity contribution in [3.63, 3.8) is 0 Å². The molecule has 0 aromatic heterocycles. The first-order chi connectivity index (χ1) is 8.25. The van der Waals surface area contributed by atoms with Gasteiger partial charge in [0.2, 0.25) is 5.91 Å². The molecule has 0 unspecified atom stereocenters. The third kappa shape index (κ3) is 3.44. The number of carboxylic acid groups (broad SMARTS) is 1. The second kappa shape index (κ2) is 5.69. The van der Waals surface area contributed by atoms with Gasteiger partial charge in [-0.2, -0.15) is 0 Å². The lowest BCUT2D eigenvalue weighted by atomic mass is 10.0. The fraction of sp³-hybridized carbons (Fsp3) is 0.818. The molecule has 0 aliphatic carbocycles. The van der Waals surface area contributed by atoms with Gasteiger partial charge in [0.1, 0.15) is 11.8 Å². The van der Waals surface area contributed by atoms with Gasteiger partial charge in [0.25, 0.3) is 0 Å². The highest BCUT2D eigenvalue weighted by Crippen LogP contribution is 2.18. The highest BCUT2D eigenvalue weighted by molar-refractivity contribution is 7.92. The normalized spacial score (nSPS) is 21.1. The largest absolute Gasteiger partial charge is 0.480 e. The standard InChI is InChI=1S/C11H19NO5S/c1-8(2)18(16,17)7-10(13)12-6-4-3-5-9(12)11(14)15/h8-9H,3-7H2,1-2H3,(H,14,15)/t9-/m1/s1. The number of carboxylic acids is 1. The molecule has 1 fully saturated rings. The minimum atomic E-state index is -3.48. The lowest BCUT2D eigenvalue weighted by molar-refractivity contribution is -0.151. The maximum absolute atomic E-state index is 11.9. The first-order valence-corrected chi connectivity index (χ1v) is 7.71. The number of hydrogen-bond donors (Lipinski definition) is 1. The van der Waals surface area contributed by atoms with Crippen LogP contribution in [0.1, 0.15) is 33.1 Å². The second-order valence-electron chi connectivity index (χ2n) is 4.79. The number of carbonyl (C=O) groups is 2. The summed E-state index contributed by atoms with van der Waals surface area (Å²) in [5, 5.41) is 8.39. The Morgan fingerprint density at radius 3 is 2.44 bits per heavy atom. The molecule has 0 spiro atoms. The molecular formula is C11H19NO5S. The predicted molar refractivity (Wildman–Crippen MR) is 65.9 cm³/mol. The molecule has 1 aliphatic rings. The van der Waals surface area contributed by atoms with Crippen molar-refractivity contribution in [2.45, 2.75) is 44.4 Å². The summed E-state index contributed by atoms with van der Waals surface area (Å²) < 4.78 is 23.3. The molecule has 104 valence electrons. The summed E-state index contributed by atoms with van der Waals surface area (Å²) >= 11 is 0. The van der Waals surface area contributed by atoms with E-state index in [1.165, 1.54) is 18.7 Å². The van der Waals surface area contributed by atoms with Crippen molar-refractivity contribution in [1.82, 2.24) is 4.90 Å². The van der Waals surface area contributed by atoms with Crippen LogP contribution in [0.5, 0.6) is 0 Å². The Bertz CT molecular complexity index is 429. The van der Waals surface area contributed by atoms with E-state index in [2.05, 4.69) is 0 Å². The molecule has 7 heteroatoms. The van der Waals surface area contributed by atoms with Crippen molar-refractivity contribution in [2.24, 2.45) is 0 Å². The molecule has 1 heterocycles. The zero-order valence-corrected chi connectivity index (χ0v) is 11.4.